The van der Waals surface area contributed by atoms with Crippen molar-refractivity contribution in [3.63, 3.8) is 0 Å². The molecule has 0 spiro atoms. The Kier molecular flexibility index (Phi) is 6.45. The highest BCUT2D eigenvalue weighted by Gasteiger charge is 2.24. The third-order valence-corrected chi connectivity index (χ3v) is 6.92. The Morgan fingerprint density at radius 3 is 2.38 bits per heavy atom. The molecule has 4 rings (SSSR count). The van der Waals surface area contributed by atoms with Crippen molar-refractivity contribution in [2.75, 3.05) is 24.4 Å². The van der Waals surface area contributed by atoms with Gasteiger partial charge < -0.3 is 14.2 Å². The van der Waals surface area contributed by atoms with Gasteiger partial charge in [0.15, 0.2) is 0 Å². The molecule has 0 unspecified atom stereocenters. The Balaban J connectivity index is 1.37. The fourth-order valence-electron chi connectivity index (χ4n) is 3.81. The molecule has 8 nitrogen and oxygen atoms in total. The van der Waals surface area contributed by atoms with E-state index in [4.69, 9.17) is 4.74 Å². The van der Waals surface area contributed by atoms with E-state index in [1.807, 2.05) is 24.3 Å². The Labute approximate surface area is 187 Å². The van der Waals surface area contributed by atoms with Crippen LogP contribution in [-0.2, 0) is 10.0 Å². The van der Waals surface area contributed by atoms with Crippen molar-refractivity contribution in [2.24, 2.45) is 0 Å². The van der Waals surface area contributed by atoms with Crippen LogP contribution in [-0.4, -0.2) is 48.5 Å². The number of hydrogen-bond donors (Lipinski definition) is 1. The van der Waals surface area contributed by atoms with Gasteiger partial charge in [-0.1, -0.05) is 0 Å². The molecule has 1 amide bonds. The van der Waals surface area contributed by atoms with Gasteiger partial charge in [0.1, 0.15) is 5.75 Å². The third-order valence-electron chi connectivity index (χ3n) is 5.53. The van der Waals surface area contributed by atoms with Crippen LogP contribution in [0.1, 0.15) is 36.2 Å². The van der Waals surface area contributed by atoms with Crippen molar-refractivity contribution in [2.45, 2.75) is 30.7 Å². The molecule has 1 aliphatic rings. The number of anilines is 1. The monoisotopic (exact) mass is 454 g/mol. The number of imidazole rings is 1. The van der Waals surface area contributed by atoms with Crippen LogP contribution in [0, 0.1) is 0 Å². The number of nitrogens with zero attached hydrogens (tertiary/aromatic N) is 3. The molecule has 168 valence electrons. The SMILES string of the molecule is CCOc1ccc(S(=O)(=O)Nc2ccc(C(=O)N3CCC(n4ccnc4)CC3)cc2)cc1. The van der Waals surface area contributed by atoms with Gasteiger partial charge >= 0.3 is 0 Å². The summed E-state index contributed by atoms with van der Waals surface area (Å²) in [5.74, 6) is 0.568. The summed E-state index contributed by atoms with van der Waals surface area (Å²) in [4.78, 5) is 18.9. The van der Waals surface area contributed by atoms with E-state index in [2.05, 4.69) is 14.3 Å². The largest absolute Gasteiger partial charge is 0.494 e. The third kappa shape index (κ3) is 4.94. The number of rotatable bonds is 7. The molecule has 2 heterocycles. The van der Waals surface area contributed by atoms with Crippen molar-refractivity contribution >= 4 is 21.6 Å². The lowest BCUT2D eigenvalue weighted by atomic mass is 10.0. The van der Waals surface area contributed by atoms with E-state index in [1.54, 1.807) is 42.6 Å². The highest BCUT2D eigenvalue weighted by atomic mass is 32.2. The first-order valence-corrected chi connectivity index (χ1v) is 12.1. The predicted octanol–water partition coefficient (Wildman–Crippen LogP) is 3.56. The van der Waals surface area contributed by atoms with Crippen LogP contribution in [0.25, 0.3) is 0 Å². The molecule has 0 aliphatic carbocycles. The van der Waals surface area contributed by atoms with E-state index in [1.165, 1.54) is 12.1 Å². The normalized spacial score (nSPS) is 14.8. The maximum Gasteiger partial charge on any atom is 0.261 e. The van der Waals surface area contributed by atoms with Crippen molar-refractivity contribution < 1.29 is 17.9 Å². The first-order valence-electron chi connectivity index (χ1n) is 10.6. The fourth-order valence-corrected chi connectivity index (χ4v) is 4.87. The average Bonchev–Trinajstić information content (AvgIpc) is 3.35. The second-order valence-electron chi connectivity index (χ2n) is 7.62. The average molecular weight is 455 g/mol. The molecule has 0 bridgehead atoms. The molecule has 1 aromatic heterocycles. The number of carbonyl (C=O) groups excluding carboxylic acids is 1. The standard InChI is InChI=1S/C23H26N4O4S/c1-2-31-21-7-9-22(10-8-21)32(29,30)25-19-5-3-18(4-6-19)23(28)26-14-11-20(12-15-26)27-16-13-24-17-27/h3-10,13,16-17,20,25H,2,11-12,14-15H2,1H3. The Morgan fingerprint density at radius 1 is 1.09 bits per heavy atom. The number of aromatic nitrogens is 2. The van der Waals surface area contributed by atoms with Gasteiger partial charge in [-0.25, -0.2) is 13.4 Å². The van der Waals surface area contributed by atoms with Gasteiger partial charge in [0, 0.05) is 42.8 Å². The fraction of sp³-hybridized carbons (Fsp3) is 0.304. The number of benzene rings is 2. The molecular formula is C23H26N4O4S. The zero-order valence-electron chi connectivity index (χ0n) is 17.8. The van der Waals surface area contributed by atoms with Crippen LogP contribution in [0.5, 0.6) is 5.75 Å². The van der Waals surface area contributed by atoms with Crippen molar-refractivity contribution in [1.82, 2.24) is 14.5 Å². The van der Waals surface area contributed by atoms with Gasteiger partial charge in [-0.05, 0) is 68.3 Å². The van der Waals surface area contributed by atoms with Crippen molar-refractivity contribution in [3.05, 3.63) is 72.8 Å². The summed E-state index contributed by atoms with van der Waals surface area (Å²) in [6.45, 7) is 3.73. The van der Waals surface area contributed by atoms with E-state index < -0.39 is 10.0 Å². The number of likely N-dealkylation sites (tertiary alicyclic amines) is 1. The van der Waals surface area contributed by atoms with E-state index >= 15 is 0 Å². The maximum atomic E-state index is 12.9. The van der Waals surface area contributed by atoms with Crippen LogP contribution in [0.3, 0.4) is 0 Å². The highest BCUT2D eigenvalue weighted by Crippen LogP contribution is 2.24. The summed E-state index contributed by atoms with van der Waals surface area (Å²) >= 11 is 0. The number of nitrogens with one attached hydrogen (secondary N) is 1. The molecule has 1 N–H and O–H groups in total. The van der Waals surface area contributed by atoms with E-state index in [0.717, 1.165) is 12.8 Å². The molecule has 1 aliphatic heterocycles. The lowest BCUT2D eigenvalue weighted by Crippen LogP contribution is -2.38. The molecule has 32 heavy (non-hydrogen) atoms. The number of carbonyl (C=O) groups is 1. The van der Waals surface area contributed by atoms with Crippen LogP contribution in [0.2, 0.25) is 0 Å². The van der Waals surface area contributed by atoms with Crippen LogP contribution < -0.4 is 9.46 Å². The van der Waals surface area contributed by atoms with Crippen molar-refractivity contribution in [1.29, 1.82) is 0 Å². The Bertz CT molecular complexity index is 1140. The first-order chi connectivity index (χ1) is 15.5. The number of sulfonamides is 1. The van der Waals surface area contributed by atoms with Crippen LogP contribution in [0.15, 0.2) is 72.1 Å². The van der Waals surface area contributed by atoms with Gasteiger partial charge in [-0.2, -0.15) is 0 Å². The van der Waals surface area contributed by atoms with Gasteiger partial charge in [0.05, 0.1) is 17.8 Å². The van der Waals surface area contributed by atoms with Gasteiger partial charge in [0.2, 0.25) is 0 Å². The second kappa shape index (κ2) is 9.44. The minimum absolute atomic E-state index is 0.0463. The molecule has 0 saturated carbocycles. The number of hydrogen-bond acceptors (Lipinski definition) is 5. The molecule has 9 heteroatoms. The van der Waals surface area contributed by atoms with Crippen molar-refractivity contribution in [3.8, 4) is 5.75 Å². The van der Waals surface area contributed by atoms with Gasteiger partial charge in [0.25, 0.3) is 15.9 Å². The number of amides is 1. The summed E-state index contributed by atoms with van der Waals surface area (Å²) in [5, 5.41) is 0. The smallest absolute Gasteiger partial charge is 0.261 e. The molecule has 1 saturated heterocycles. The molecule has 1 fully saturated rings. The zero-order valence-corrected chi connectivity index (χ0v) is 18.7. The lowest BCUT2D eigenvalue weighted by Gasteiger charge is -2.32. The molecule has 2 aromatic carbocycles. The van der Waals surface area contributed by atoms with Gasteiger partial charge in [-0.15, -0.1) is 0 Å². The number of ether oxygens (including phenoxy) is 1. The van der Waals surface area contributed by atoms with Crippen LogP contribution in [0.4, 0.5) is 5.69 Å². The predicted molar refractivity (Wildman–Crippen MR) is 121 cm³/mol. The second-order valence-corrected chi connectivity index (χ2v) is 9.30. The summed E-state index contributed by atoms with van der Waals surface area (Å²) < 4.78 is 35.3. The molecular weight excluding hydrogens is 428 g/mol. The topological polar surface area (TPSA) is 93.5 Å². The maximum absolute atomic E-state index is 12.9. The molecule has 3 aromatic rings. The summed E-state index contributed by atoms with van der Waals surface area (Å²) in [6, 6.07) is 13.1. The Hall–Kier alpha value is -3.33. The van der Waals surface area contributed by atoms with E-state index in [9.17, 15) is 13.2 Å². The highest BCUT2D eigenvalue weighted by molar-refractivity contribution is 7.92. The number of piperidine rings is 1. The minimum atomic E-state index is -3.73. The molecule has 0 radical (unpaired) electrons. The van der Waals surface area contributed by atoms with Crippen LogP contribution >= 0.6 is 0 Å². The summed E-state index contributed by atoms with van der Waals surface area (Å²) in [7, 11) is -3.73. The van der Waals surface area contributed by atoms with Gasteiger partial charge in [-0.3, -0.25) is 9.52 Å². The summed E-state index contributed by atoms with van der Waals surface area (Å²) in [6.07, 6.45) is 7.29. The summed E-state index contributed by atoms with van der Waals surface area (Å²) in [5.41, 5.74) is 0.935. The van der Waals surface area contributed by atoms with E-state index in [0.29, 0.717) is 42.7 Å². The lowest BCUT2D eigenvalue weighted by molar-refractivity contribution is 0.0694. The first kappa shape index (κ1) is 21.9. The zero-order chi connectivity index (χ0) is 22.6. The quantitative estimate of drug-likeness (QED) is 0.589. The van der Waals surface area contributed by atoms with E-state index in [-0.39, 0.29) is 10.8 Å². The molecule has 0 atom stereocenters. The Morgan fingerprint density at radius 2 is 1.78 bits per heavy atom. The minimum Gasteiger partial charge on any atom is -0.494 e.